The van der Waals surface area contributed by atoms with E-state index in [1.807, 2.05) is 54.1 Å². The molecule has 6 nitrogen and oxygen atoms in total. The van der Waals surface area contributed by atoms with E-state index in [4.69, 9.17) is 9.47 Å². The number of carbonyl (C=O) groups is 2. The maximum Gasteiger partial charge on any atom is 0.312 e. The molecular formula is C20H20N2O4S2. The normalized spacial score (nSPS) is 10.5. The Kier molecular flexibility index (Phi) is 7.16. The van der Waals surface area contributed by atoms with Gasteiger partial charge in [-0.2, -0.15) is 0 Å². The van der Waals surface area contributed by atoms with E-state index in [9.17, 15) is 9.59 Å². The molecule has 0 atom stereocenters. The lowest BCUT2D eigenvalue weighted by atomic mass is 10.2. The zero-order valence-electron chi connectivity index (χ0n) is 15.3. The fraction of sp³-hybridized carbons (Fsp3) is 0.250. The zero-order valence-corrected chi connectivity index (χ0v) is 17.0. The largest absolute Gasteiger partial charge is 0.492 e. The highest BCUT2D eigenvalue weighted by atomic mass is 32.1. The van der Waals surface area contributed by atoms with E-state index < -0.39 is 5.97 Å². The summed E-state index contributed by atoms with van der Waals surface area (Å²) in [4.78, 5) is 29.2. The summed E-state index contributed by atoms with van der Waals surface area (Å²) >= 11 is 3.08. The lowest BCUT2D eigenvalue weighted by molar-refractivity contribution is -0.147. The van der Waals surface area contributed by atoms with Crippen LogP contribution in [-0.2, 0) is 20.7 Å². The number of nitrogens with one attached hydrogen (secondary N) is 1. The predicted molar refractivity (Wildman–Crippen MR) is 110 cm³/mol. The highest BCUT2D eigenvalue weighted by molar-refractivity contribution is 7.20. The first-order chi connectivity index (χ1) is 13.6. The number of aryl methyl sites for hydroxylation is 1. The fourth-order valence-electron chi connectivity index (χ4n) is 2.36. The van der Waals surface area contributed by atoms with Crippen LogP contribution in [0.2, 0.25) is 0 Å². The number of hydrogen-bond donors (Lipinski definition) is 1. The van der Waals surface area contributed by atoms with Gasteiger partial charge in [0.2, 0.25) is 0 Å². The topological polar surface area (TPSA) is 77.5 Å². The van der Waals surface area contributed by atoms with Crippen LogP contribution < -0.4 is 10.1 Å². The second kappa shape index (κ2) is 10.0. The number of amides is 1. The Morgan fingerprint density at radius 3 is 2.86 bits per heavy atom. The molecule has 8 heteroatoms. The van der Waals surface area contributed by atoms with Crippen molar-refractivity contribution in [3.63, 3.8) is 0 Å². The molecule has 2 heterocycles. The Morgan fingerprint density at radius 1 is 1.18 bits per heavy atom. The molecule has 0 saturated heterocycles. The number of rotatable bonds is 9. The first-order valence-corrected chi connectivity index (χ1v) is 10.5. The van der Waals surface area contributed by atoms with Gasteiger partial charge in [0.05, 0.1) is 23.5 Å². The second-order valence-electron chi connectivity index (χ2n) is 5.97. The van der Waals surface area contributed by atoms with Crippen molar-refractivity contribution in [1.82, 2.24) is 10.3 Å². The summed E-state index contributed by atoms with van der Waals surface area (Å²) in [6.45, 7) is 2.34. The molecule has 0 fully saturated rings. The van der Waals surface area contributed by atoms with Gasteiger partial charge in [-0.05, 0) is 36.1 Å². The summed E-state index contributed by atoms with van der Waals surface area (Å²) in [7, 11) is 0. The monoisotopic (exact) mass is 416 g/mol. The van der Waals surface area contributed by atoms with Crippen LogP contribution in [0.25, 0.3) is 9.88 Å². The molecule has 0 aliphatic rings. The molecule has 0 radical (unpaired) electrons. The Balaban J connectivity index is 1.32. The van der Waals surface area contributed by atoms with Crippen molar-refractivity contribution in [2.24, 2.45) is 0 Å². The van der Waals surface area contributed by atoms with Crippen molar-refractivity contribution >= 4 is 34.6 Å². The van der Waals surface area contributed by atoms with Gasteiger partial charge in [0.1, 0.15) is 17.4 Å². The molecule has 0 aliphatic heterocycles. The van der Waals surface area contributed by atoms with Gasteiger partial charge in [0.25, 0.3) is 5.91 Å². The third kappa shape index (κ3) is 6.17. The lowest BCUT2D eigenvalue weighted by Gasteiger charge is -2.08. The maximum absolute atomic E-state index is 11.9. The van der Waals surface area contributed by atoms with E-state index in [1.54, 1.807) is 11.3 Å². The molecule has 0 aliphatic carbocycles. The fourth-order valence-corrected chi connectivity index (χ4v) is 4.00. The van der Waals surface area contributed by atoms with Gasteiger partial charge in [0, 0.05) is 5.38 Å². The average molecular weight is 417 g/mol. The highest BCUT2D eigenvalue weighted by Gasteiger charge is 2.12. The molecule has 146 valence electrons. The Bertz CT molecular complexity index is 922. The number of benzene rings is 1. The number of carbonyl (C=O) groups excluding carboxylic acids is 2. The first kappa shape index (κ1) is 20.0. The van der Waals surface area contributed by atoms with Crippen molar-refractivity contribution in [3.05, 3.63) is 58.4 Å². The molecule has 3 aromatic rings. The van der Waals surface area contributed by atoms with E-state index in [0.717, 1.165) is 21.2 Å². The number of aromatic nitrogens is 1. The predicted octanol–water partition coefficient (Wildman–Crippen LogP) is 3.46. The molecule has 0 unspecified atom stereocenters. The smallest absolute Gasteiger partial charge is 0.312 e. The summed E-state index contributed by atoms with van der Waals surface area (Å²) in [6, 6.07) is 11.6. The van der Waals surface area contributed by atoms with Gasteiger partial charge in [-0.1, -0.05) is 18.2 Å². The Hall–Kier alpha value is -2.71. The van der Waals surface area contributed by atoms with Crippen molar-refractivity contribution < 1.29 is 19.1 Å². The van der Waals surface area contributed by atoms with E-state index >= 15 is 0 Å². The van der Waals surface area contributed by atoms with Crippen molar-refractivity contribution in [1.29, 1.82) is 0 Å². The average Bonchev–Trinajstić information content (AvgIpc) is 3.35. The zero-order chi connectivity index (χ0) is 19.8. The van der Waals surface area contributed by atoms with Crippen molar-refractivity contribution in [3.8, 4) is 15.6 Å². The van der Waals surface area contributed by atoms with Crippen molar-refractivity contribution in [2.45, 2.75) is 13.3 Å². The highest BCUT2D eigenvalue weighted by Crippen LogP contribution is 2.27. The second-order valence-corrected chi connectivity index (χ2v) is 7.78. The first-order valence-electron chi connectivity index (χ1n) is 8.70. The van der Waals surface area contributed by atoms with Crippen LogP contribution in [0, 0.1) is 6.92 Å². The number of thiophene rings is 1. The summed E-state index contributed by atoms with van der Waals surface area (Å²) in [5.41, 5.74) is 1.75. The molecule has 0 spiro atoms. The third-order valence-corrected chi connectivity index (χ3v) is 5.59. The minimum Gasteiger partial charge on any atom is -0.492 e. The van der Waals surface area contributed by atoms with Crippen LogP contribution in [-0.4, -0.2) is 36.6 Å². The third-order valence-electron chi connectivity index (χ3n) is 3.66. The Labute approximate surface area is 171 Å². The molecule has 1 aromatic carbocycles. The van der Waals surface area contributed by atoms with Gasteiger partial charge in [-0.15, -0.1) is 22.7 Å². The summed E-state index contributed by atoms with van der Waals surface area (Å²) in [5, 5.41) is 7.35. The standard InChI is InChI=1S/C20H20N2O4S2/c1-14-4-2-5-16(10-14)25-8-7-21-18(23)12-26-19(24)11-15-13-28-20(22-15)17-6-3-9-27-17/h2-6,9-10,13H,7-8,11-12H2,1H3,(H,21,23). The minimum atomic E-state index is -0.478. The molecule has 3 rings (SSSR count). The molecular weight excluding hydrogens is 396 g/mol. The molecule has 28 heavy (non-hydrogen) atoms. The summed E-state index contributed by atoms with van der Waals surface area (Å²) in [6.07, 6.45) is 0.0472. The number of esters is 1. The van der Waals surface area contributed by atoms with E-state index in [1.165, 1.54) is 11.3 Å². The lowest BCUT2D eigenvalue weighted by Crippen LogP contribution is -2.32. The van der Waals surface area contributed by atoms with Crippen LogP contribution in [0.1, 0.15) is 11.3 Å². The van der Waals surface area contributed by atoms with Gasteiger partial charge >= 0.3 is 5.97 Å². The van der Waals surface area contributed by atoms with Crippen LogP contribution in [0.4, 0.5) is 0 Å². The van der Waals surface area contributed by atoms with Crippen LogP contribution in [0.5, 0.6) is 5.75 Å². The number of nitrogens with zero attached hydrogens (tertiary/aromatic N) is 1. The van der Waals surface area contributed by atoms with Gasteiger partial charge in [0.15, 0.2) is 6.61 Å². The van der Waals surface area contributed by atoms with E-state index in [0.29, 0.717) is 18.8 Å². The minimum absolute atomic E-state index is 0.0472. The molecule has 0 bridgehead atoms. The molecule has 2 aromatic heterocycles. The summed E-state index contributed by atoms with van der Waals surface area (Å²) < 4.78 is 10.6. The van der Waals surface area contributed by atoms with Gasteiger partial charge in [-0.3, -0.25) is 9.59 Å². The number of hydrogen-bond acceptors (Lipinski definition) is 7. The van der Waals surface area contributed by atoms with E-state index in [2.05, 4.69) is 10.3 Å². The van der Waals surface area contributed by atoms with Gasteiger partial charge < -0.3 is 14.8 Å². The quantitative estimate of drug-likeness (QED) is 0.427. The maximum atomic E-state index is 11.9. The van der Waals surface area contributed by atoms with Crippen LogP contribution in [0.3, 0.4) is 0 Å². The molecule has 1 amide bonds. The van der Waals surface area contributed by atoms with E-state index in [-0.39, 0.29) is 18.9 Å². The van der Waals surface area contributed by atoms with Crippen LogP contribution >= 0.6 is 22.7 Å². The van der Waals surface area contributed by atoms with Crippen molar-refractivity contribution in [2.75, 3.05) is 19.8 Å². The molecule has 0 saturated carbocycles. The summed E-state index contributed by atoms with van der Waals surface area (Å²) in [5.74, 6) is -0.0845. The molecule has 1 N–H and O–H groups in total. The number of ether oxygens (including phenoxy) is 2. The van der Waals surface area contributed by atoms with Crippen LogP contribution in [0.15, 0.2) is 47.2 Å². The SMILES string of the molecule is Cc1cccc(OCCNC(=O)COC(=O)Cc2csc(-c3cccs3)n2)c1. The number of thiazole rings is 1. The Morgan fingerprint density at radius 2 is 2.07 bits per heavy atom. The van der Waals surface area contributed by atoms with Gasteiger partial charge in [-0.25, -0.2) is 4.98 Å².